The van der Waals surface area contributed by atoms with E-state index in [1.54, 1.807) is 6.07 Å². The minimum atomic E-state index is -0.160. The molecule has 1 unspecified atom stereocenters. The van der Waals surface area contributed by atoms with Crippen LogP contribution in [0.1, 0.15) is 70.6 Å². The van der Waals surface area contributed by atoms with E-state index < -0.39 is 0 Å². The van der Waals surface area contributed by atoms with Gasteiger partial charge in [0.1, 0.15) is 5.75 Å². The zero-order chi connectivity index (χ0) is 21.7. The molecule has 2 aliphatic rings. The average Bonchev–Trinajstić information content (AvgIpc) is 3.51. The second-order valence-electron chi connectivity index (χ2n) is 11.0. The summed E-state index contributed by atoms with van der Waals surface area (Å²) in [6, 6.07) is 14.4. The number of benzene rings is 2. The molecule has 3 nitrogen and oxygen atoms in total. The Morgan fingerprint density at radius 3 is 2.40 bits per heavy atom. The van der Waals surface area contributed by atoms with Gasteiger partial charge < -0.3 is 10.0 Å². The summed E-state index contributed by atoms with van der Waals surface area (Å²) in [7, 11) is 0. The van der Waals surface area contributed by atoms with Crippen LogP contribution in [0, 0.1) is 11.8 Å². The Balaban J connectivity index is 1.65. The molecule has 1 aliphatic carbocycles. The third-order valence-corrected chi connectivity index (χ3v) is 6.82. The van der Waals surface area contributed by atoms with Gasteiger partial charge in [0.2, 0.25) is 5.91 Å². The van der Waals surface area contributed by atoms with Gasteiger partial charge in [-0.05, 0) is 71.3 Å². The molecular weight excluding hydrogens is 370 g/mol. The van der Waals surface area contributed by atoms with Gasteiger partial charge in [0.25, 0.3) is 0 Å². The molecule has 1 aliphatic heterocycles. The van der Waals surface area contributed by atoms with Crippen molar-refractivity contribution < 1.29 is 9.90 Å². The number of carbonyl (C=O) groups is 1. The molecule has 1 N–H and O–H groups in total. The Labute approximate surface area is 181 Å². The Hall–Kier alpha value is -2.29. The van der Waals surface area contributed by atoms with Crippen LogP contribution in [0.15, 0.2) is 42.5 Å². The molecule has 4 rings (SSSR count). The fraction of sp³-hybridized carbons (Fsp3) is 0.519. The number of aromatic hydroxyl groups is 1. The predicted octanol–water partition coefficient (Wildman–Crippen LogP) is 5.97. The first-order chi connectivity index (χ1) is 14.1. The van der Waals surface area contributed by atoms with Crippen molar-refractivity contribution >= 4 is 11.6 Å². The largest absolute Gasteiger partial charge is 0.508 e. The summed E-state index contributed by atoms with van der Waals surface area (Å²) in [5.74, 6) is 1.24. The molecule has 160 valence electrons. The standard InChI is InChI=1S/C27H35NO2/c1-26(2,3)21-13-12-20-14-18(16-27(4,5)22-8-6-7-9-24(22)29)17-28(23(20)15-21)25(30)19-10-11-19/h6-9,12-13,15,18-19,29H,10-11,14,16-17H2,1-5H3. The van der Waals surface area contributed by atoms with Crippen LogP contribution in [0.5, 0.6) is 5.75 Å². The van der Waals surface area contributed by atoms with Crippen molar-refractivity contribution in [2.45, 2.75) is 71.1 Å². The number of hydrogen-bond acceptors (Lipinski definition) is 2. The van der Waals surface area contributed by atoms with Gasteiger partial charge >= 0.3 is 0 Å². The normalized spacial score (nSPS) is 19.5. The summed E-state index contributed by atoms with van der Waals surface area (Å²) in [5.41, 5.74) is 4.57. The van der Waals surface area contributed by atoms with E-state index in [1.165, 1.54) is 11.1 Å². The number of hydrogen-bond donors (Lipinski definition) is 1. The van der Waals surface area contributed by atoms with Crippen molar-refractivity contribution in [1.82, 2.24) is 0 Å². The highest BCUT2D eigenvalue weighted by Gasteiger charge is 2.39. The zero-order valence-corrected chi connectivity index (χ0v) is 19.0. The quantitative estimate of drug-likeness (QED) is 0.680. The number of nitrogens with zero attached hydrogens (tertiary/aromatic N) is 1. The van der Waals surface area contributed by atoms with E-state index in [0.29, 0.717) is 17.6 Å². The smallest absolute Gasteiger partial charge is 0.230 e. The van der Waals surface area contributed by atoms with Crippen LogP contribution >= 0.6 is 0 Å². The van der Waals surface area contributed by atoms with E-state index in [2.05, 4.69) is 57.7 Å². The molecule has 1 heterocycles. The summed E-state index contributed by atoms with van der Waals surface area (Å²) in [4.78, 5) is 15.3. The Morgan fingerprint density at radius 1 is 1.07 bits per heavy atom. The van der Waals surface area contributed by atoms with E-state index in [-0.39, 0.29) is 16.7 Å². The van der Waals surface area contributed by atoms with Crippen LogP contribution in [-0.2, 0) is 22.0 Å². The van der Waals surface area contributed by atoms with Gasteiger partial charge in [-0.3, -0.25) is 4.79 Å². The van der Waals surface area contributed by atoms with E-state index in [4.69, 9.17) is 0 Å². The lowest BCUT2D eigenvalue weighted by atomic mass is 9.73. The highest BCUT2D eigenvalue weighted by atomic mass is 16.3. The summed E-state index contributed by atoms with van der Waals surface area (Å²) in [6.07, 6.45) is 3.96. The van der Waals surface area contributed by atoms with E-state index in [0.717, 1.165) is 43.5 Å². The minimum absolute atomic E-state index is 0.0625. The molecule has 30 heavy (non-hydrogen) atoms. The summed E-state index contributed by atoms with van der Waals surface area (Å²) < 4.78 is 0. The molecular formula is C27H35NO2. The van der Waals surface area contributed by atoms with Crippen molar-refractivity contribution in [3.8, 4) is 5.75 Å². The lowest BCUT2D eigenvalue weighted by Crippen LogP contribution is -2.42. The summed E-state index contributed by atoms with van der Waals surface area (Å²) in [5, 5.41) is 10.4. The van der Waals surface area contributed by atoms with Gasteiger partial charge in [-0.2, -0.15) is 0 Å². The molecule has 0 radical (unpaired) electrons. The van der Waals surface area contributed by atoms with Crippen LogP contribution in [0.25, 0.3) is 0 Å². The van der Waals surface area contributed by atoms with Crippen LogP contribution in [0.4, 0.5) is 5.69 Å². The number of fused-ring (bicyclic) bond motifs is 1. The van der Waals surface area contributed by atoms with Crippen molar-refractivity contribution in [2.24, 2.45) is 11.8 Å². The Bertz CT molecular complexity index is 950. The monoisotopic (exact) mass is 405 g/mol. The number of rotatable bonds is 4. The molecule has 0 spiro atoms. The Kier molecular flexibility index (Phi) is 5.20. The van der Waals surface area contributed by atoms with Crippen LogP contribution in [0.3, 0.4) is 0 Å². The number of carbonyl (C=O) groups excluding carboxylic acids is 1. The first-order valence-corrected chi connectivity index (χ1v) is 11.3. The molecule has 2 aromatic rings. The van der Waals surface area contributed by atoms with Crippen LogP contribution < -0.4 is 4.90 Å². The molecule has 0 aromatic heterocycles. The first-order valence-electron chi connectivity index (χ1n) is 11.3. The second kappa shape index (κ2) is 7.44. The van der Waals surface area contributed by atoms with E-state index in [9.17, 15) is 9.90 Å². The van der Waals surface area contributed by atoms with Crippen molar-refractivity contribution in [3.63, 3.8) is 0 Å². The molecule has 3 heteroatoms. The van der Waals surface area contributed by atoms with Crippen molar-refractivity contribution in [2.75, 3.05) is 11.4 Å². The molecule has 1 fully saturated rings. The molecule has 1 atom stereocenters. The first kappa shape index (κ1) is 21.0. The SMILES string of the molecule is CC(C)(C)c1ccc2c(c1)N(C(=O)C1CC1)CC(CC(C)(C)c1ccccc1O)C2. The third kappa shape index (κ3) is 4.12. The third-order valence-electron chi connectivity index (χ3n) is 6.82. The Morgan fingerprint density at radius 2 is 1.77 bits per heavy atom. The van der Waals surface area contributed by atoms with Crippen molar-refractivity contribution in [3.05, 3.63) is 59.2 Å². The van der Waals surface area contributed by atoms with Crippen molar-refractivity contribution in [1.29, 1.82) is 0 Å². The lowest BCUT2D eigenvalue weighted by molar-refractivity contribution is -0.120. The molecule has 0 saturated heterocycles. The van der Waals surface area contributed by atoms with Gasteiger partial charge in [0.15, 0.2) is 0 Å². The summed E-state index contributed by atoms with van der Waals surface area (Å²) >= 11 is 0. The van der Waals surface area contributed by atoms with Crippen LogP contribution in [-0.4, -0.2) is 17.6 Å². The number of phenolic OH excluding ortho intramolecular Hbond substituents is 1. The van der Waals surface area contributed by atoms with Gasteiger partial charge in [0.05, 0.1) is 0 Å². The molecule has 1 amide bonds. The zero-order valence-electron chi connectivity index (χ0n) is 19.0. The van der Waals surface area contributed by atoms with E-state index >= 15 is 0 Å². The van der Waals surface area contributed by atoms with Gasteiger partial charge in [-0.1, -0.05) is 65.0 Å². The molecule has 0 bridgehead atoms. The highest BCUT2D eigenvalue weighted by molar-refractivity contribution is 5.97. The number of amides is 1. The average molecular weight is 406 g/mol. The topological polar surface area (TPSA) is 40.5 Å². The van der Waals surface area contributed by atoms with Gasteiger partial charge in [-0.15, -0.1) is 0 Å². The molecule has 1 saturated carbocycles. The maximum Gasteiger partial charge on any atom is 0.230 e. The van der Waals surface area contributed by atoms with E-state index in [1.807, 2.05) is 18.2 Å². The van der Waals surface area contributed by atoms with Gasteiger partial charge in [-0.25, -0.2) is 0 Å². The predicted molar refractivity (Wildman–Crippen MR) is 123 cm³/mol. The highest BCUT2D eigenvalue weighted by Crippen LogP contribution is 2.43. The fourth-order valence-corrected chi connectivity index (χ4v) is 4.96. The summed E-state index contributed by atoms with van der Waals surface area (Å²) in [6.45, 7) is 11.8. The lowest BCUT2D eigenvalue weighted by Gasteiger charge is -2.39. The fourth-order valence-electron chi connectivity index (χ4n) is 4.96. The second-order valence-corrected chi connectivity index (χ2v) is 11.0. The number of para-hydroxylation sites is 1. The maximum atomic E-state index is 13.2. The number of phenols is 1. The molecule has 2 aromatic carbocycles. The van der Waals surface area contributed by atoms with Crippen LogP contribution in [0.2, 0.25) is 0 Å². The minimum Gasteiger partial charge on any atom is -0.508 e. The number of anilines is 1. The van der Waals surface area contributed by atoms with Gasteiger partial charge in [0, 0.05) is 18.2 Å². The maximum absolute atomic E-state index is 13.2.